The van der Waals surface area contributed by atoms with Crippen molar-refractivity contribution in [3.63, 3.8) is 0 Å². The molecule has 6 nitrogen and oxygen atoms in total. The normalized spacial score (nSPS) is 9.84. The van der Waals surface area contributed by atoms with Crippen LogP contribution in [0.2, 0.25) is 0 Å². The maximum Gasteiger partial charge on any atom is 0.337 e. The maximum atomic E-state index is 11.9. The molecule has 0 heterocycles. The summed E-state index contributed by atoms with van der Waals surface area (Å²) in [4.78, 5) is 24.8. The van der Waals surface area contributed by atoms with Crippen molar-refractivity contribution >= 4 is 23.4 Å². The molecule has 19 heavy (non-hydrogen) atoms. The minimum Gasteiger partial charge on any atom is -0.465 e. The Labute approximate surface area is 112 Å². The number of ether oxygens (including phenoxy) is 1. The van der Waals surface area contributed by atoms with Crippen LogP contribution in [0.25, 0.3) is 0 Å². The summed E-state index contributed by atoms with van der Waals surface area (Å²) in [7, 11) is 1.30. The Morgan fingerprint density at radius 1 is 1.32 bits per heavy atom. The summed E-state index contributed by atoms with van der Waals surface area (Å²) in [5.74, 6) is -0.465. The Morgan fingerprint density at radius 3 is 2.42 bits per heavy atom. The quantitative estimate of drug-likeness (QED) is 0.643. The monoisotopic (exact) mass is 265 g/mol. The third-order valence-corrected chi connectivity index (χ3v) is 2.76. The summed E-state index contributed by atoms with van der Waals surface area (Å²) in [6.45, 7) is 5.02. The van der Waals surface area contributed by atoms with E-state index in [0.29, 0.717) is 30.0 Å². The lowest BCUT2D eigenvalue weighted by Gasteiger charge is -2.20. The van der Waals surface area contributed by atoms with E-state index >= 15 is 0 Å². The number of urea groups is 1. The van der Waals surface area contributed by atoms with Crippen LogP contribution in [-0.2, 0) is 4.74 Å². The SMILES string of the molecule is CCN(CC)C(=O)Nc1ccc(C(=O)OC)cc1N. The van der Waals surface area contributed by atoms with Gasteiger partial charge < -0.3 is 20.7 Å². The Balaban J connectivity index is 2.86. The van der Waals surface area contributed by atoms with Crippen LogP contribution in [0.1, 0.15) is 24.2 Å². The average molecular weight is 265 g/mol. The molecule has 0 aromatic heterocycles. The molecule has 1 aromatic rings. The summed E-state index contributed by atoms with van der Waals surface area (Å²) < 4.78 is 4.60. The van der Waals surface area contributed by atoms with Gasteiger partial charge in [-0.3, -0.25) is 0 Å². The highest BCUT2D eigenvalue weighted by atomic mass is 16.5. The van der Waals surface area contributed by atoms with E-state index in [1.54, 1.807) is 17.0 Å². The van der Waals surface area contributed by atoms with Gasteiger partial charge in [-0.15, -0.1) is 0 Å². The molecular formula is C13H19N3O3. The third kappa shape index (κ3) is 3.61. The van der Waals surface area contributed by atoms with E-state index in [0.717, 1.165) is 0 Å². The Hall–Kier alpha value is -2.24. The molecule has 1 rings (SSSR count). The number of nitrogens with one attached hydrogen (secondary N) is 1. The van der Waals surface area contributed by atoms with Crippen LogP contribution < -0.4 is 11.1 Å². The lowest BCUT2D eigenvalue weighted by atomic mass is 10.2. The van der Waals surface area contributed by atoms with Crippen molar-refractivity contribution in [3.8, 4) is 0 Å². The van der Waals surface area contributed by atoms with Crippen LogP contribution in [0.3, 0.4) is 0 Å². The minimum atomic E-state index is -0.465. The number of nitrogens with zero attached hydrogens (tertiary/aromatic N) is 1. The molecule has 104 valence electrons. The highest BCUT2D eigenvalue weighted by molar-refractivity contribution is 5.96. The number of esters is 1. The van der Waals surface area contributed by atoms with Gasteiger partial charge in [0.2, 0.25) is 0 Å². The highest BCUT2D eigenvalue weighted by Gasteiger charge is 2.13. The van der Waals surface area contributed by atoms with Crippen LogP contribution in [0.4, 0.5) is 16.2 Å². The van der Waals surface area contributed by atoms with Crippen molar-refractivity contribution in [2.45, 2.75) is 13.8 Å². The molecular weight excluding hydrogens is 246 g/mol. The van der Waals surface area contributed by atoms with Crippen LogP contribution in [0.15, 0.2) is 18.2 Å². The van der Waals surface area contributed by atoms with Crippen LogP contribution in [0, 0.1) is 0 Å². The van der Waals surface area contributed by atoms with Gasteiger partial charge in [0.15, 0.2) is 0 Å². The first-order valence-corrected chi connectivity index (χ1v) is 6.07. The molecule has 0 aliphatic rings. The average Bonchev–Trinajstić information content (AvgIpc) is 2.41. The summed E-state index contributed by atoms with van der Waals surface area (Å²) in [6, 6.07) is 4.40. The fraction of sp³-hybridized carbons (Fsp3) is 0.385. The van der Waals surface area contributed by atoms with Gasteiger partial charge in [0.25, 0.3) is 0 Å². The first kappa shape index (κ1) is 14.8. The fourth-order valence-electron chi connectivity index (χ4n) is 1.63. The molecule has 0 unspecified atom stereocenters. The first-order chi connectivity index (χ1) is 9.03. The molecule has 1 aromatic carbocycles. The number of hydrogen-bond donors (Lipinski definition) is 2. The van der Waals surface area contributed by atoms with Gasteiger partial charge in [-0.05, 0) is 32.0 Å². The van der Waals surface area contributed by atoms with Gasteiger partial charge in [-0.2, -0.15) is 0 Å². The van der Waals surface area contributed by atoms with Crippen molar-refractivity contribution in [1.29, 1.82) is 0 Å². The largest absolute Gasteiger partial charge is 0.465 e. The minimum absolute atomic E-state index is 0.220. The van der Waals surface area contributed by atoms with Crippen molar-refractivity contribution in [1.82, 2.24) is 4.90 Å². The Bertz CT molecular complexity index is 470. The van der Waals surface area contributed by atoms with E-state index in [1.807, 2.05) is 13.8 Å². The number of rotatable bonds is 4. The number of benzene rings is 1. The summed E-state index contributed by atoms with van der Waals surface area (Å²) in [5.41, 5.74) is 6.95. The van der Waals surface area contributed by atoms with Crippen LogP contribution >= 0.6 is 0 Å². The van der Waals surface area contributed by atoms with Crippen molar-refractivity contribution in [3.05, 3.63) is 23.8 Å². The second-order valence-corrected chi connectivity index (χ2v) is 3.90. The van der Waals surface area contributed by atoms with E-state index in [9.17, 15) is 9.59 Å². The molecule has 0 saturated carbocycles. The van der Waals surface area contributed by atoms with Gasteiger partial charge in [-0.1, -0.05) is 0 Å². The molecule has 0 aliphatic heterocycles. The molecule has 0 atom stereocenters. The van der Waals surface area contributed by atoms with Crippen molar-refractivity contribution in [2.75, 3.05) is 31.2 Å². The zero-order valence-corrected chi connectivity index (χ0v) is 11.4. The predicted molar refractivity (Wildman–Crippen MR) is 74.1 cm³/mol. The first-order valence-electron chi connectivity index (χ1n) is 6.07. The molecule has 2 amide bonds. The van der Waals surface area contributed by atoms with Gasteiger partial charge >= 0.3 is 12.0 Å². The number of carbonyl (C=O) groups is 2. The summed E-state index contributed by atoms with van der Waals surface area (Å²) >= 11 is 0. The number of carbonyl (C=O) groups excluding carboxylic acids is 2. The topological polar surface area (TPSA) is 84.7 Å². The zero-order chi connectivity index (χ0) is 14.4. The molecule has 0 saturated heterocycles. The lowest BCUT2D eigenvalue weighted by molar-refractivity contribution is 0.0601. The van der Waals surface area contributed by atoms with Crippen molar-refractivity contribution < 1.29 is 14.3 Å². The van der Waals surface area contributed by atoms with Gasteiger partial charge in [0.1, 0.15) is 0 Å². The molecule has 3 N–H and O–H groups in total. The second kappa shape index (κ2) is 6.63. The number of methoxy groups -OCH3 is 1. The predicted octanol–water partition coefficient (Wildman–Crippen LogP) is 1.93. The smallest absolute Gasteiger partial charge is 0.337 e. The molecule has 0 bridgehead atoms. The van der Waals surface area contributed by atoms with E-state index in [-0.39, 0.29) is 6.03 Å². The third-order valence-electron chi connectivity index (χ3n) is 2.76. The maximum absolute atomic E-state index is 11.9. The summed E-state index contributed by atoms with van der Waals surface area (Å²) in [6.07, 6.45) is 0. The van der Waals surface area contributed by atoms with E-state index < -0.39 is 5.97 Å². The van der Waals surface area contributed by atoms with Gasteiger partial charge in [0.05, 0.1) is 24.0 Å². The fourth-order valence-corrected chi connectivity index (χ4v) is 1.63. The zero-order valence-electron chi connectivity index (χ0n) is 11.4. The van der Waals surface area contributed by atoms with Crippen LogP contribution in [0.5, 0.6) is 0 Å². The van der Waals surface area contributed by atoms with Gasteiger partial charge in [0, 0.05) is 13.1 Å². The van der Waals surface area contributed by atoms with Crippen LogP contribution in [-0.4, -0.2) is 37.1 Å². The van der Waals surface area contributed by atoms with E-state index in [1.165, 1.54) is 13.2 Å². The molecule has 0 aliphatic carbocycles. The lowest BCUT2D eigenvalue weighted by Crippen LogP contribution is -2.34. The van der Waals surface area contributed by atoms with E-state index in [4.69, 9.17) is 5.73 Å². The number of nitrogen functional groups attached to an aromatic ring is 1. The number of hydrogen-bond acceptors (Lipinski definition) is 4. The molecule has 0 radical (unpaired) electrons. The Kier molecular flexibility index (Phi) is 5.17. The number of amides is 2. The molecule has 0 spiro atoms. The molecule has 0 fully saturated rings. The standard InChI is InChI=1S/C13H19N3O3/c1-4-16(5-2)13(18)15-11-7-6-9(8-10(11)14)12(17)19-3/h6-8H,4-5,14H2,1-3H3,(H,15,18). The van der Waals surface area contributed by atoms with Gasteiger partial charge in [-0.25, -0.2) is 9.59 Å². The highest BCUT2D eigenvalue weighted by Crippen LogP contribution is 2.20. The number of nitrogens with two attached hydrogens (primary N) is 1. The second-order valence-electron chi connectivity index (χ2n) is 3.90. The number of anilines is 2. The Morgan fingerprint density at radius 2 is 1.95 bits per heavy atom. The molecule has 6 heteroatoms. The van der Waals surface area contributed by atoms with Crippen molar-refractivity contribution in [2.24, 2.45) is 0 Å². The van der Waals surface area contributed by atoms with E-state index in [2.05, 4.69) is 10.1 Å². The summed E-state index contributed by atoms with van der Waals surface area (Å²) in [5, 5.41) is 2.71.